The summed E-state index contributed by atoms with van der Waals surface area (Å²) in [5, 5.41) is 25.2. The van der Waals surface area contributed by atoms with E-state index in [1.807, 2.05) is 0 Å². The Bertz CT molecular complexity index is 1810. The third kappa shape index (κ3) is 18.7. The Kier molecular flexibility index (Phi) is 23.4. The highest BCUT2D eigenvalue weighted by molar-refractivity contribution is 7.80. The summed E-state index contributed by atoms with van der Waals surface area (Å²) in [6, 6.07) is 0.590. The van der Waals surface area contributed by atoms with Crippen molar-refractivity contribution in [3.05, 3.63) is 35.9 Å². The van der Waals surface area contributed by atoms with Gasteiger partial charge in [0.15, 0.2) is 11.9 Å². The first-order valence-electron chi connectivity index (χ1n) is 21.1. The van der Waals surface area contributed by atoms with E-state index in [1.54, 1.807) is 44.2 Å². The van der Waals surface area contributed by atoms with Gasteiger partial charge in [-0.15, -0.1) is 0 Å². The molecule has 7 amide bonds. The second kappa shape index (κ2) is 27.8. The van der Waals surface area contributed by atoms with Crippen molar-refractivity contribution in [3.8, 4) is 0 Å². The number of rotatable bonds is 27. The predicted molar refractivity (Wildman–Crippen MR) is 242 cm³/mol. The van der Waals surface area contributed by atoms with Gasteiger partial charge < -0.3 is 70.6 Å². The number of hydrogen-bond acceptors (Lipinski definition) is 12. The molecule has 0 radical (unpaired) electrons. The molecule has 1 aromatic rings. The van der Waals surface area contributed by atoms with Crippen molar-refractivity contribution < 1.29 is 43.5 Å². The third-order valence-corrected chi connectivity index (χ3v) is 10.8. The molecule has 8 atom stereocenters. The van der Waals surface area contributed by atoms with Crippen LogP contribution in [-0.2, 0) is 44.8 Å². The van der Waals surface area contributed by atoms with Crippen molar-refractivity contribution >= 4 is 71.9 Å². The molecule has 64 heavy (non-hydrogen) atoms. The normalized spacial score (nSPS) is 16.5. The molecule has 1 heterocycles. The highest BCUT2D eigenvalue weighted by Gasteiger charge is 2.37. The molecule has 1 saturated heterocycles. The molecule has 0 aliphatic carbocycles. The molecule has 24 heteroatoms. The van der Waals surface area contributed by atoms with E-state index in [-0.39, 0.29) is 69.4 Å². The molecule has 1 aliphatic heterocycles. The maximum absolute atomic E-state index is 13.7. The Labute approximate surface area is 378 Å². The van der Waals surface area contributed by atoms with Crippen LogP contribution < -0.4 is 60.6 Å². The van der Waals surface area contributed by atoms with E-state index in [0.29, 0.717) is 24.8 Å². The zero-order valence-corrected chi connectivity index (χ0v) is 37.5. The van der Waals surface area contributed by atoms with Crippen molar-refractivity contribution in [2.45, 2.75) is 114 Å². The first-order chi connectivity index (χ1) is 30.3. The Morgan fingerprint density at radius 1 is 0.781 bits per heavy atom. The number of benzene rings is 1. The summed E-state index contributed by atoms with van der Waals surface area (Å²) in [4.78, 5) is 115. The number of nitrogens with zero attached hydrogens (tertiary/aromatic N) is 3. The molecular weight excluding hydrogens is 853 g/mol. The topological polar surface area (TPSA) is 387 Å². The van der Waals surface area contributed by atoms with Crippen molar-refractivity contribution in [3.63, 3.8) is 0 Å². The van der Waals surface area contributed by atoms with Crippen molar-refractivity contribution in [1.29, 1.82) is 0 Å². The van der Waals surface area contributed by atoms with Crippen LogP contribution in [0, 0.1) is 5.92 Å². The number of likely N-dealkylation sites (tertiary alicyclic amines) is 1. The quantitative estimate of drug-likeness (QED) is 0.0175. The molecule has 17 N–H and O–H groups in total. The van der Waals surface area contributed by atoms with E-state index in [2.05, 4.69) is 54.5 Å². The zero-order valence-electron chi connectivity index (χ0n) is 36.6. The van der Waals surface area contributed by atoms with E-state index in [4.69, 9.17) is 28.7 Å². The summed E-state index contributed by atoms with van der Waals surface area (Å²) in [5.74, 6) is -7.00. The van der Waals surface area contributed by atoms with Crippen LogP contribution in [0.15, 0.2) is 40.3 Å². The molecule has 0 saturated carbocycles. The van der Waals surface area contributed by atoms with Crippen LogP contribution >= 0.6 is 12.6 Å². The Hall–Kier alpha value is -6.17. The summed E-state index contributed by atoms with van der Waals surface area (Å²) in [6.07, 6.45) is 2.10. The number of carboxylic acid groups (broad SMARTS) is 1. The smallest absolute Gasteiger partial charge is 0.326 e. The molecule has 8 unspecified atom stereocenters. The first kappa shape index (κ1) is 54.0. The van der Waals surface area contributed by atoms with E-state index >= 15 is 0 Å². The molecule has 0 bridgehead atoms. The summed E-state index contributed by atoms with van der Waals surface area (Å²) in [6.45, 7) is 5.00. The van der Waals surface area contributed by atoms with Gasteiger partial charge in [0.1, 0.15) is 36.3 Å². The van der Waals surface area contributed by atoms with Crippen molar-refractivity contribution in [2.24, 2.45) is 44.6 Å². The van der Waals surface area contributed by atoms with Crippen LogP contribution in [0.5, 0.6) is 0 Å². The highest BCUT2D eigenvalue weighted by Crippen LogP contribution is 2.18. The minimum absolute atomic E-state index is 0.00787. The number of aliphatic imine (C=N–C) groups is 2. The fourth-order valence-corrected chi connectivity index (χ4v) is 6.82. The van der Waals surface area contributed by atoms with Gasteiger partial charge in [0, 0.05) is 31.8 Å². The average Bonchev–Trinajstić information content (AvgIpc) is 3.76. The molecule has 1 fully saturated rings. The Morgan fingerprint density at radius 2 is 1.36 bits per heavy atom. The number of carboxylic acids is 1. The third-order valence-electron chi connectivity index (χ3n) is 10.4. The highest BCUT2D eigenvalue weighted by atomic mass is 32.1. The molecule has 23 nitrogen and oxygen atoms in total. The number of thiol groups is 1. The van der Waals surface area contributed by atoms with Gasteiger partial charge in [-0.05, 0) is 56.9 Å². The van der Waals surface area contributed by atoms with E-state index in [0.717, 1.165) is 0 Å². The van der Waals surface area contributed by atoms with Crippen LogP contribution in [0.2, 0.25) is 0 Å². The minimum atomic E-state index is -1.28. The molecule has 2 rings (SSSR count). The zero-order chi connectivity index (χ0) is 47.9. The maximum atomic E-state index is 13.7. The number of guanidine groups is 2. The maximum Gasteiger partial charge on any atom is 0.326 e. The SMILES string of the molecule is CCC(C)C(NC(=O)C(Cc1ccccc1)NC(=O)C(C)NC(=O)C(CCCN=C(N)N)NC(=O)C(CS)NC(=O)C1CCCN1C(=O)CNC(=O)C(N)CCCN=C(N)N)C(=O)O. The van der Waals surface area contributed by atoms with E-state index in [1.165, 1.54) is 11.8 Å². The molecule has 1 aliphatic rings. The number of nitrogens with two attached hydrogens (primary N) is 5. The second-order valence-electron chi connectivity index (χ2n) is 15.5. The molecule has 356 valence electrons. The Balaban J connectivity index is 2.15. The fourth-order valence-electron chi connectivity index (χ4n) is 6.56. The number of carbonyl (C=O) groups is 8. The van der Waals surface area contributed by atoms with Crippen LogP contribution in [0.25, 0.3) is 0 Å². The van der Waals surface area contributed by atoms with Gasteiger partial charge >= 0.3 is 5.97 Å². The summed E-state index contributed by atoms with van der Waals surface area (Å²) >= 11 is 4.25. The fraction of sp³-hybridized carbons (Fsp3) is 0.600. The van der Waals surface area contributed by atoms with Crippen molar-refractivity contribution in [2.75, 3.05) is 31.9 Å². The predicted octanol–water partition coefficient (Wildman–Crippen LogP) is -3.72. The Morgan fingerprint density at radius 3 is 1.94 bits per heavy atom. The van der Waals surface area contributed by atoms with Crippen LogP contribution in [0.4, 0.5) is 0 Å². The van der Waals surface area contributed by atoms with Crippen LogP contribution in [0.3, 0.4) is 0 Å². The lowest BCUT2D eigenvalue weighted by atomic mass is 9.98. The number of nitrogens with one attached hydrogen (secondary N) is 6. The lowest BCUT2D eigenvalue weighted by Gasteiger charge is -2.28. The average molecular weight is 919 g/mol. The largest absolute Gasteiger partial charge is 0.480 e. The number of amides is 7. The number of carbonyl (C=O) groups excluding carboxylic acids is 7. The molecule has 1 aromatic carbocycles. The first-order valence-corrected chi connectivity index (χ1v) is 21.8. The monoisotopic (exact) mass is 918 g/mol. The van der Waals surface area contributed by atoms with E-state index < -0.39 is 102 Å². The molecule has 0 aromatic heterocycles. The summed E-state index contributed by atoms with van der Waals surface area (Å²) in [5.41, 5.74) is 28.1. The minimum Gasteiger partial charge on any atom is -0.480 e. The van der Waals surface area contributed by atoms with Gasteiger partial charge in [0.25, 0.3) is 0 Å². The van der Waals surface area contributed by atoms with Gasteiger partial charge in [-0.3, -0.25) is 43.5 Å². The number of aliphatic carboxylic acids is 1. The summed E-state index contributed by atoms with van der Waals surface area (Å²) in [7, 11) is 0. The molecule has 0 spiro atoms. The van der Waals surface area contributed by atoms with Crippen molar-refractivity contribution in [1.82, 2.24) is 36.8 Å². The summed E-state index contributed by atoms with van der Waals surface area (Å²) < 4.78 is 0. The van der Waals surface area contributed by atoms with Crippen LogP contribution in [0.1, 0.15) is 71.3 Å². The van der Waals surface area contributed by atoms with Gasteiger partial charge in [-0.2, -0.15) is 12.6 Å². The lowest BCUT2D eigenvalue weighted by molar-refractivity contribution is -0.143. The second-order valence-corrected chi connectivity index (χ2v) is 15.8. The standard InChI is InChI=1S/C40H66N14O9S/c1-4-22(2)31(38(62)63)53-35(59)27(19-24-11-6-5-7-12-24)51-32(56)23(3)49-34(58)26(14-9-17-47-40(44)45)50-36(60)28(21-64)52-37(61)29-15-10-18-54(29)30(55)20-48-33(57)25(41)13-8-16-46-39(42)43/h5-7,11-12,22-23,25-29,31,64H,4,8-10,13-21,41H2,1-3H3,(H,48,57)(H,49,58)(H,50,60)(H,51,56)(H,52,61)(H,53,59)(H,62,63)(H4,42,43,46)(H4,44,45,47). The lowest BCUT2D eigenvalue weighted by Crippen LogP contribution is -2.59. The van der Waals surface area contributed by atoms with Gasteiger partial charge in [-0.25, -0.2) is 4.79 Å². The number of hydrogen-bond donors (Lipinski definition) is 13. The van der Waals surface area contributed by atoms with Gasteiger partial charge in [-0.1, -0.05) is 50.6 Å². The van der Waals surface area contributed by atoms with E-state index in [9.17, 15) is 43.5 Å². The molecular formula is C40H66N14O9S. The van der Waals surface area contributed by atoms with Gasteiger partial charge in [0.2, 0.25) is 41.4 Å². The van der Waals surface area contributed by atoms with Crippen LogP contribution in [-0.4, -0.2) is 143 Å². The van der Waals surface area contributed by atoms with Gasteiger partial charge in [0.05, 0.1) is 12.6 Å².